The van der Waals surface area contributed by atoms with Gasteiger partial charge in [0.15, 0.2) is 0 Å². The Hall–Kier alpha value is -4.39. The summed E-state index contributed by atoms with van der Waals surface area (Å²) in [5, 5.41) is 6.68. The average molecular weight is 645 g/mol. The lowest BCUT2D eigenvalue weighted by molar-refractivity contribution is -0.143. The third kappa shape index (κ3) is 5.83. The van der Waals surface area contributed by atoms with Gasteiger partial charge in [0.05, 0.1) is 29.8 Å². The Morgan fingerprint density at radius 3 is 2.33 bits per heavy atom. The zero-order valence-electron chi connectivity index (χ0n) is 24.6. The molecular weight excluding hydrogens is 614 g/mol. The Kier molecular flexibility index (Phi) is 8.07. The highest BCUT2D eigenvalue weighted by molar-refractivity contribution is 5.85. The standard InChI is InChI=1S/C33H30F6N4O3/c1-3-18-16-43-9-7-19(18)12-26(43)27(23-6-8-40-25-5-4-22(46-2)14-24(23)25)42-29-28(30(44)31(29)45)41-15-17-10-20(32(34,35)36)13-21(11-17)33(37,38)39/h3-6,8,10-11,13-14,18-19,26-27,41-42H,1,7,9,12,15-16H2,2H3/t18-,19-,26+,27?/m0/s1. The summed E-state index contributed by atoms with van der Waals surface area (Å²) in [7, 11) is 1.54. The first-order valence-corrected chi connectivity index (χ1v) is 14.7. The second-order valence-corrected chi connectivity index (χ2v) is 11.8. The minimum Gasteiger partial charge on any atom is -0.497 e. The Bertz CT molecular complexity index is 1830. The molecule has 2 N–H and O–H groups in total. The predicted molar refractivity (Wildman–Crippen MR) is 162 cm³/mol. The van der Waals surface area contributed by atoms with Gasteiger partial charge < -0.3 is 15.4 Å². The molecule has 2 unspecified atom stereocenters. The lowest BCUT2D eigenvalue weighted by atomic mass is 9.73. The third-order valence-corrected chi connectivity index (χ3v) is 9.18. The highest BCUT2D eigenvalue weighted by atomic mass is 19.4. The van der Waals surface area contributed by atoms with Crippen molar-refractivity contribution in [3.05, 3.63) is 104 Å². The molecule has 4 aromatic rings. The van der Waals surface area contributed by atoms with Crippen molar-refractivity contribution in [3.8, 4) is 5.75 Å². The Morgan fingerprint density at radius 2 is 1.72 bits per heavy atom. The highest BCUT2D eigenvalue weighted by Crippen LogP contribution is 2.44. The molecule has 2 bridgehead atoms. The smallest absolute Gasteiger partial charge is 0.416 e. The first-order valence-electron chi connectivity index (χ1n) is 14.7. The second kappa shape index (κ2) is 11.8. The number of nitrogens with one attached hydrogen (secondary N) is 2. The molecule has 3 aliphatic rings. The SMILES string of the molecule is C=C[C@H]1CN2CC[C@H]1C[C@@H]2C(Nc1c(NCc2cc(C(F)(F)F)cc(C(F)(F)F)c2)c(=O)c1=O)c1ccnc2ccc(OC)cc12. The van der Waals surface area contributed by atoms with Crippen LogP contribution in [-0.2, 0) is 18.9 Å². The molecule has 5 atom stereocenters. The number of halogens is 6. The van der Waals surface area contributed by atoms with E-state index in [0.717, 1.165) is 36.9 Å². The number of benzene rings is 2. The zero-order chi connectivity index (χ0) is 33.0. The van der Waals surface area contributed by atoms with E-state index in [2.05, 4.69) is 27.1 Å². The number of pyridine rings is 1. The summed E-state index contributed by atoms with van der Waals surface area (Å²) in [6.45, 7) is 5.01. The summed E-state index contributed by atoms with van der Waals surface area (Å²) >= 11 is 0. The van der Waals surface area contributed by atoms with Crippen molar-refractivity contribution in [2.45, 2.75) is 43.8 Å². The summed E-state index contributed by atoms with van der Waals surface area (Å²) in [5.41, 5.74) is -3.84. The number of hydrogen-bond donors (Lipinski definition) is 2. The average Bonchev–Trinajstić information content (AvgIpc) is 3.04. The third-order valence-electron chi connectivity index (χ3n) is 9.18. The Balaban J connectivity index is 1.36. The normalized spacial score (nSPS) is 22.2. The van der Waals surface area contributed by atoms with E-state index in [-0.39, 0.29) is 29.0 Å². The molecule has 242 valence electrons. The van der Waals surface area contributed by atoms with E-state index in [0.29, 0.717) is 35.2 Å². The van der Waals surface area contributed by atoms with Gasteiger partial charge in [-0.05, 0) is 84.8 Å². The molecule has 3 saturated heterocycles. The predicted octanol–water partition coefficient (Wildman–Crippen LogP) is 6.54. The fraction of sp³-hybridized carbons (Fsp3) is 0.364. The van der Waals surface area contributed by atoms with Crippen molar-refractivity contribution >= 4 is 22.3 Å². The van der Waals surface area contributed by atoms with Gasteiger partial charge in [-0.25, -0.2) is 0 Å². The largest absolute Gasteiger partial charge is 0.497 e. The number of anilines is 2. The summed E-state index contributed by atoms with van der Waals surface area (Å²) in [5.74, 6) is 1.25. The van der Waals surface area contributed by atoms with Crippen LogP contribution < -0.4 is 26.2 Å². The highest BCUT2D eigenvalue weighted by Gasteiger charge is 2.44. The first-order chi connectivity index (χ1) is 21.8. The number of hydrogen-bond acceptors (Lipinski definition) is 7. The van der Waals surface area contributed by atoms with Crippen LogP contribution in [0.2, 0.25) is 0 Å². The molecule has 3 fully saturated rings. The lowest BCUT2D eigenvalue weighted by Crippen LogP contribution is -2.56. The number of nitrogens with zero attached hydrogens (tertiary/aromatic N) is 2. The van der Waals surface area contributed by atoms with Gasteiger partial charge in [0.25, 0.3) is 10.9 Å². The number of fused-ring (bicyclic) bond motifs is 4. The fourth-order valence-corrected chi connectivity index (χ4v) is 6.82. The molecule has 13 heteroatoms. The van der Waals surface area contributed by atoms with Gasteiger partial charge in [-0.1, -0.05) is 6.08 Å². The number of piperidine rings is 3. The summed E-state index contributed by atoms with van der Waals surface area (Å²) in [6, 6.07) is 7.82. The van der Waals surface area contributed by atoms with Gasteiger partial charge in [-0.2, -0.15) is 26.3 Å². The van der Waals surface area contributed by atoms with Gasteiger partial charge in [-0.3, -0.25) is 19.5 Å². The second-order valence-electron chi connectivity index (χ2n) is 11.8. The Labute approximate surface area is 259 Å². The van der Waals surface area contributed by atoms with Gasteiger partial charge in [0.1, 0.15) is 17.1 Å². The van der Waals surface area contributed by atoms with Crippen LogP contribution in [0.1, 0.15) is 41.1 Å². The number of methoxy groups -OCH3 is 1. The van der Waals surface area contributed by atoms with Crippen molar-refractivity contribution in [1.82, 2.24) is 9.88 Å². The van der Waals surface area contributed by atoms with Crippen molar-refractivity contribution in [2.24, 2.45) is 11.8 Å². The molecule has 3 aromatic carbocycles. The maximum Gasteiger partial charge on any atom is 0.416 e. The molecule has 7 nitrogen and oxygen atoms in total. The molecular formula is C33H30F6N4O3. The van der Waals surface area contributed by atoms with Gasteiger partial charge >= 0.3 is 12.4 Å². The van der Waals surface area contributed by atoms with Crippen LogP contribution in [0.5, 0.6) is 5.75 Å². The minimum atomic E-state index is -5.02. The van der Waals surface area contributed by atoms with Gasteiger partial charge in [0, 0.05) is 30.7 Å². The van der Waals surface area contributed by atoms with Crippen molar-refractivity contribution < 1.29 is 31.1 Å². The van der Waals surface area contributed by atoms with E-state index in [1.165, 1.54) is 7.11 Å². The number of alkyl halides is 6. The first kappa shape index (κ1) is 31.6. The van der Waals surface area contributed by atoms with E-state index in [4.69, 9.17) is 4.74 Å². The fourth-order valence-electron chi connectivity index (χ4n) is 6.82. The monoisotopic (exact) mass is 644 g/mol. The topological polar surface area (TPSA) is 83.6 Å². The van der Waals surface area contributed by atoms with E-state index in [1.807, 2.05) is 24.3 Å². The molecule has 7 rings (SSSR count). The summed E-state index contributed by atoms with van der Waals surface area (Å²) in [4.78, 5) is 32.5. The molecule has 46 heavy (non-hydrogen) atoms. The summed E-state index contributed by atoms with van der Waals surface area (Å²) in [6.07, 6.45) is -4.69. The minimum absolute atomic E-state index is 0.0382. The van der Waals surface area contributed by atoms with E-state index < -0.39 is 46.9 Å². The van der Waals surface area contributed by atoms with Crippen LogP contribution in [0, 0.1) is 11.8 Å². The molecule has 4 heterocycles. The number of aromatic nitrogens is 1. The maximum absolute atomic E-state index is 13.4. The molecule has 3 aliphatic heterocycles. The molecule has 0 aliphatic carbocycles. The lowest BCUT2D eigenvalue weighted by Gasteiger charge is -2.52. The molecule has 0 radical (unpaired) electrons. The molecule has 0 spiro atoms. The van der Waals surface area contributed by atoms with E-state index >= 15 is 0 Å². The van der Waals surface area contributed by atoms with Crippen LogP contribution in [0.25, 0.3) is 10.9 Å². The van der Waals surface area contributed by atoms with E-state index in [9.17, 15) is 35.9 Å². The van der Waals surface area contributed by atoms with Crippen molar-refractivity contribution in [3.63, 3.8) is 0 Å². The maximum atomic E-state index is 13.4. The molecule has 0 saturated carbocycles. The van der Waals surface area contributed by atoms with Crippen LogP contribution >= 0.6 is 0 Å². The zero-order valence-corrected chi connectivity index (χ0v) is 24.6. The quantitative estimate of drug-likeness (QED) is 0.122. The van der Waals surface area contributed by atoms with Crippen molar-refractivity contribution in [1.29, 1.82) is 0 Å². The summed E-state index contributed by atoms with van der Waals surface area (Å²) < 4.78 is 85.9. The molecule has 0 amide bonds. The van der Waals surface area contributed by atoms with Gasteiger partial charge in [0.2, 0.25) is 0 Å². The van der Waals surface area contributed by atoms with Gasteiger partial charge in [-0.15, -0.1) is 6.58 Å². The van der Waals surface area contributed by atoms with Crippen LogP contribution in [-0.4, -0.2) is 36.1 Å². The molecule has 1 aromatic heterocycles. The Morgan fingerprint density at radius 1 is 1.02 bits per heavy atom. The number of ether oxygens (including phenoxy) is 1. The van der Waals surface area contributed by atoms with E-state index in [1.54, 1.807) is 12.3 Å². The van der Waals surface area contributed by atoms with Crippen molar-refractivity contribution in [2.75, 3.05) is 30.8 Å². The van der Waals surface area contributed by atoms with Crippen LogP contribution in [0.4, 0.5) is 37.7 Å². The van der Waals surface area contributed by atoms with Crippen LogP contribution in [0.15, 0.2) is 70.9 Å². The number of rotatable bonds is 9. The van der Waals surface area contributed by atoms with Crippen LogP contribution in [0.3, 0.4) is 0 Å².